The zero-order valence-corrected chi connectivity index (χ0v) is 17.4. The number of aromatic nitrogens is 3. The van der Waals surface area contributed by atoms with Crippen LogP contribution in [0.3, 0.4) is 0 Å². The van der Waals surface area contributed by atoms with E-state index in [0.29, 0.717) is 11.0 Å². The summed E-state index contributed by atoms with van der Waals surface area (Å²) in [5, 5.41) is 14.0. The Bertz CT molecular complexity index is 1030. The average molecular weight is 428 g/mol. The molecule has 2 aromatic carbocycles. The number of carbonyl (C=O) groups excluding carboxylic acids is 2. The molecule has 3 aromatic rings. The van der Waals surface area contributed by atoms with Crippen LogP contribution < -0.4 is 10.6 Å². The lowest BCUT2D eigenvalue weighted by atomic mass is 10.1. The molecule has 7 nitrogen and oxygen atoms in total. The lowest BCUT2D eigenvalue weighted by Crippen LogP contribution is -2.28. The molecule has 9 heteroatoms. The van der Waals surface area contributed by atoms with Gasteiger partial charge in [-0.1, -0.05) is 54.2 Å². The van der Waals surface area contributed by atoms with E-state index in [1.165, 1.54) is 23.9 Å². The smallest absolute Gasteiger partial charge is 0.232 e. The number of hydrogen-bond donors (Lipinski definition) is 2. The van der Waals surface area contributed by atoms with Crippen molar-refractivity contribution in [2.45, 2.75) is 24.5 Å². The summed E-state index contributed by atoms with van der Waals surface area (Å²) in [5.41, 5.74) is 1.14. The van der Waals surface area contributed by atoms with Crippen LogP contribution in [0, 0.1) is 5.82 Å². The summed E-state index contributed by atoms with van der Waals surface area (Å²) in [7, 11) is 1.72. The van der Waals surface area contributed by atoms with Gasteiger partial charge in [-0.25, -0.2) is 4.39 Å². The lowest BCUT2D eigenvalue weighted by molar-refractivity contribution is -0.119. The van der Waals surface area contributed by atoms with Gasteiger partial charge in [-0.15, -0.1) is 10.2 Å². The van der Waals surface area contributed by atoms with E-state index in [0.717, 1.165) is 5.56 Å². The minimum absolute atomic E-state index is 0.0599. The van der Waals surface area contributed by atoms with Gasteiger partial charge in [-0.05, 0) is 24.6 Å². The number of nitrogens with zero attached hydrogens (tertiary/aromatic N) is 3. The second kappa shape index (κ2) is 10.0. The van der Waals surface area contributed by atoms with E-state index < -0.39 is 11.7 Å². The van der Waals surface area contributed by atoms with Gasteiger partial charge in [-0.3, -0.25) is 9.59 Å². The SMILES string of the molecule is C[C@H](NC(=O)CSc1nnc(CC(=O)Nc2ccccc2F)n1C)c1ccccc1. The Hall–Kier alpha value is -3.20. The Kier molecular flexibility index (Phi) is 7.18. The molecule has 1 atom stereocenters. The maximum absolute atomic E-state index is 13.7. The van der Waals surface area contributed by atoms with Crippen LogP contribution in [-0.4, -0.2) is 32.3 Å². The second-order valence-corrected chi connectivity index (χ2v) is 7.59. The number of hydrogen-bond acceptors (Lipinski definition) is 5. The molecule has 0 aliphatic rings. The Labute approximate surface area is 178 Å². The van der Waals surface area contributed by atoms with Gasteiger partial charge >= 0.3 is 0 Å². The Morgan fingerprint density at radius 1 is 1.07 bits per heavy atom. The molecule has 156 valence electrons. The first-order valence-corrected chi connectivity index (χ1v) is 10.3. The number of anilines is 1. The second-order valence-electron chi connectivity index (χ2n) is 6.65. The molecule has 2 N–H and O–H groups in total. The van der Waals surface area contributed by atoms with Crippen molar-refractivity contribution in [3.05, 3.63) is 71.8 Å². The summed E-state index contributed by atoms with van der Waals surface area (Å²) in [5.74, 6) is -0.440. The average Bonchev–Trinajstić information content (AvgIpc) is 3.08. The van der Waals surface area contributed by atoms with Gasteiger partial charge in [0.1, 0.15) is 11.6 Å². The van der Waals surface area contributed by atoms with Crippen molar-refractivity contribution >= 4 is 29.3 Å². The van der Waals surface area contributed by atoms with Crippen molar-refractivity contribution in [1.29, 1.82) is 0 Å². The van der Waals surface area contributed by atoms with Crippen LogP contribution >= 0.6 is 11.8 Å². The highest BCUT2D eigenvalue weighted by Crippen LogP contribution is 2.18. The zero-order valence-electron chi connectivity index (χ0n) is 16.6. The van der Waals surface area contributed by atoms with E-state index in [1.54, 1.807) is 23.7 Å². The topological polar surface area (TPSA) is 88.9 Å². The molecular weight excluding hydrogens is 405 g/mol. The number of carbonyl (C=O) groups is 2. The van der Waals surface area contributed by atoms with Crippen LogP contribution in [0.4, 0.5) is 10.1 Å². The molecular formula is C21H22FN5O2S. The zero-order chi connectivity index (χ0) is 21.5. The summed E-state index contributed by atoms with van der Waals surface area (Å²) >= 11 is 1.23. The predicted molar refractivity (Wildman–Crippen MR) is 113 cm³/mol. The molecule has 0 spiro atoms. The third kappa shape index (κ3) is 5.66. The molecule has 0 aliphatic heterocycles. The molecule has 3 rings (SSSR count). The number of thioether (sulfide) groups is 1. The third-order valence-electron chi connectivity index (χ3n) is 4.40. The third-order valence-corrected chi connectivity index (χ3v) is 5.42. The van der Waals surface area contributed by atoms with Gasteiger partial charge in [-0.2, -0.15) is 0 Å². The molecule has 0 aliphatic carbocycles. The van der Waals surface area contributed by atoms with Crippen molar-refractivity contribution in [3.8, 4) is 0 Å². The number of halogens is 1. The monoisotopic (exact) mass is 427 g/mol. The van der Waals surface area contributed by atoms with Crippen LogP contribution in [0.5, 0.6) is 0 Å². The van der Waals surface area contributed by atoms with Gasteiger partial charge in [0.05, 0.1) is 23.9 Å². The molecule has 0 fully saturated rings. The standard InChI is InChI=1S/C21H22FN5O2S/c1-14(15-8-4-3-5-9-15)23-20(29)13-30-21-26-25-18(27(21)2)12-19(28)24-17-11-7-6-10-16(17)22/h3-11,14H,12-13H2,1-2H3,(H,23,29)(H,24,28)/t14-/m0/s1. The normalized spacial score (nSPS) is 11.7. The highest BCUT2D eigenvalue weighted by molar-refractivity contribution is 7.99. The Balaban J connectivity index is 1.52. The molecule has 0 radical (unpaired) electrons. The number of rotatable bonds is 8. The minimum Gasteiger partial charge on any atom is -0.349 e. The maximum Gasteiger partial charge on any atom is 0.232 e. The fraction of sp³-hybridized carbons (Fsp3) is 0.238. The molecule has 1 aromatic heterocycles. The Morgan fingerprint density at radius 3 is 2.50 bits per heavy atom. The molecule has 0 saturated heterocycles. The van der Waals surface area contributed by atoms with Crippen LogP contribution in [0.2, 0.25) is 0 Å². The lowest BCUT2D eigenvalue weighted by Gasteiger charge is -2.14. The van der Waals surface area contributed by atoms with Crippen LogP contribution in [0.15, 0.2) is 59.8 Å². The Morgan fingerprint density at radius 2 is 1.77 bits per heavy atom. The van der Waals surface area contributed by atoms with E-state index in [1.807, 2.05) is 37.3 Å². The molecule has 30 heavy (non-hydrogen) atoms. The fourth-order valence-corrected chi connectivity index (χ4v) is 3.50. The van der Waals surface area contributed by atoms with Crippen molar-refractivity contribution < 1.29 is 14.0 Å². The van der Waals surface area contributed by atoms with Crippen LogP contribution in [0.25, 0.3) is 0 Å². The molecule has 1 heterocycles. The van der Waals surface area contributed by atoms with E-state index in [4.69, 9.17) is 0 Å². The number of para-hydroxylation sites is 1. The van der Waals surface area contributed by atoms with E-state index >= 15 is 0 Å². The molecule has 0 unspecified atom stereocenters. The quantitative estimate of drug-likeness (QED) is 0.539. The first-order valence-electron chi connectivity index (χ1n) is 9.34. The van der Waals surface area contributed by atoms with Gasteiger partial charge in [0.2, 0.25) is 11.8 Å². The van der Waals surface area contributed by atoms with E-state index in [9.17, 15) is 14.0 Å². The highest BCUT2D eigenvalue weighted by atomic mass is 32.2. The molecule has 2 amide bonds. The van der Waals surface area contributed by atoms with Crippen LogP contribution in [0.1, 0.15) is 24.4 Å². The first-order chi connectivity index (χ1) is 14.4. The van der Waals surface area contributed by atoms with Crippen molar-refractivity contribution in [1.82, 2.24) is 20.1 Å². The predicted octanol–water partition coefficient (Wildman–Crippen LogP) is 3.10. The summed E-state index contributed by atoms with van der Waals surface area (Å²) in [6.07, 6.45) is -0.0599. The van der Waals surface area contributed by atoms with Gasteiger partial charge in [0.25, 0.3) is 0 Å². The summed E-state index contributed by atoms with van der Waals surface area (Å²) in [6, 6.07) is 15.5. The largest absolute Gasteiger partial charge is 0.349 e. The van der Waals surface area contributed by atoms with Gasteiger partial charge in [0, 0.05) is 7.05 Å². The van der Waals surface area contributed by atoms with E-state index in [-0.39, 0.29) is 29.8 Å². The summed E-state index contributed by atoms with van der Waals surface area (Å²) < 4.78 is 15.3. The molecule has 0 bridgehead atoms. The summed E-state index contributed by atoms with van der Waals surface area (Å²) in [6.45, 7) is 1.92. The number of nitrogens with one attached hydrogen (secondary N) is 2. The highest BCUT2D eigenvalue weighted by Gasteiger charge is 2.16. The minimum atomic E-state index is -0.504. The van der Waals surface area contributed by atoms with Crippen LogP contribution in [-0.2, 0) is 23.1 Å². The van der Waals surface area contributed by atoms with E-state index in [2.05, 4.69) is 20.8 Å². The molecule has 0 saturated carbocycles. The summed E-state index contributed by atoms with van der Waals surface area (Å²) in [4.78, 5) is 24.4. The van der Waals surface area contributed by atoms with Crippen molar-refractivity contribution in [2.75, 3.05) is 11.1 Å². The number of amides is 2. The maximum atomic E-state index is 13.7. The van der Waals surface area contributed by atoms with Crippen molar-refractivity contribution in [2.24, 2.45) is 7.05 Å². The number of benzene rings is 2. The van der Waals surface area contributed by atoms with Gasteiger partial charge < -0.3 is 15.2 Å². The van der Waals surface area contributed by atoms with Crippen molar-refractivity contribution in [3.63, 3.8) is 0 Å². The van der Waals surface area contributed by atoms with Gasteiger partial charge in [0.15, 0.2) is 5.16 Å². The fourth-order valence-electron chi connectivity index (χ4n) is 2.76. The first kappa shape index (κ1) is 21.5.